The van der Waals surface area contributed by atoms with Gasteiger partial charge in [0.25, 0.3) is 0 Å². The van der Waals surface area contributed by atoms with Gasteiger partial charge in [0.2, 0.25) is 0 Å². The van der Waals surface area contributed by atoms with E-state index >= 15 is 0 Å². The third-order valence-corrected chi connectivity index (χ3v) is 4.14. The van der Waals surface area contributed by atoms with Crippen LogP contribution in [0.15, 0.2) is 24.3 Å². The number of hydrogen-bond acceptors (Lipinski definition) is 0. The Morgan fingerprint density at radius 2 is 0.688 bits per heavy atom. The SMILES string of the molecule is Cc1ccc(C(F)(F)C(F)(F)C(F)(F)C(F)(F)C(F)(F)C(F)(F)C(F)(F)C(F)(F)F)cc1. The van der Waals surface area contributed by atoms with Gasteiger partial charge in [0.1, 0.15) is 0 Å². The fourth-order valence-electron chi connectivity index (χ4n) is 2.11. The van der Waals surface area contributed by atoms with E-state index in [9.17, 15) is 74.6 Å². The van der Waals surface area contributed by atoms with E-state index in [1.54, 1.807) is 0 Å². The van der Waals surface area contributed by atoms with Gasteiger partial charge in [-0.25, -0.2) is 0 Å². The lowest BCUT2D eigenvalue weighted by molar-refractivity contribution is -0.462. The van der Waals surface area contributed by atoms with Crippen molar-refractivity contribution in [2.24, 2.45) is 0 Å². The van der Waals surface area contributed by atoms with Gasteiger partial charge >= 0.3 is 47.6 Å². The molecule has 0 saturated heterocycles. The van der Waals surface area contributed by atoms with Gasteiger partial charge < -0.3 is 0 Å². The lowest BCUT2D eigenvalue weighted by Gasteiger charge is -2.42. The van der Waals surface area contributed by atoms with Crippen LogP contribution in [0.4, 0.5) is 74.6 Å². The number of rotatable bonds is 7. The predicted octanol–water partition coefficient (Wildman–Crippen LogP) is 7.46. The van der Waals surface area contributed by atoms with Crippen LogP contribution in [0.2, 0.25) is 0 Å². The summed E-state index contributed by atoms with van der Waals surface area (Å²) in [5.74, 6) is -56.3. The Kier molecular flexibility index (Phi) is 6.37. The van der Waals surface area contributed by atoms with Crippen molar-refractivity contribution in [1.82, 2.24) is 0 Å². The first-order chi connectivity index (χ1) is 13.7. The highest BCUT2D eigenvalue weighted by atomic mass is 19.4. The van der Waals surface area contributed by atoms with E-state index in [4.69, 9.17) is 0 Å². The van der Waals surface area contributed by atoms with Crippen molar-refractivity contribution in [3.63, 3.8) is 0 Å². The van der Waals surface area contributed by atoms with Crippen LogP contribution < -0.4 is 0 Å². The van der Waals surface area contributed by atoms with Crippen molar-refractivity contribution < 1.29 is 74.6 Å². The Morgan fingerprint density at radius 3 is 1.00 bits per heavy atom. The first-order valence-electron chi connectivity index (χ1n) is 7.53. The molecule has 0 heterocycles. The normalized spacial score (nSPS) is 15.8. The minimum absolute atomic E-state index is 0.00511. The van der Waals surface area contributed by atoms with Crippen LogP contribution in [0.5, 0.6) is 0 Å². The zero-order valence-corrected chi connectivity index (χ0v) is 14.7. The zero-order chi connectivity index (χ0) is 26.0. The van der Waals surface area contributed by atoms with Crippen molar-refractivity contribution in [3.05, 3.63) is 35.4 Å². The molecule has 0 spiro atoms. The van der Waals surface area contributed by atoms with Crippen LogP contribution in [0, 0.1) is 6.92 Å². The summed E-state index contributed by atoms with van der Waals surface area (Å²) in [5.41, 5.74) is -2.22. The van der Waals surface area contributed by atoms with Gasteiger partial charge in [0, 0.05) is 5.56 Å². The molecule has 17 heteroatoms. The number of aryl methyl sites for hydroxylation is 1. The maximum absolute atomic E-state index is 13.9. The summed E-state index contributed by atoms with van der Waals surface area (Å²) in [6, 6.07) is 0.925. The van der Waals surface area contributed by atoms with Crippen LogP contribution in [0.3, 0.4) is 0 Å². The zero-order valence-electron chi connectivity index (χ0n) is 14.7. The second kappa shape index (κ2) is 7.27. The Hall–Kier alpha value is -1.97. The minimum Gasteiger partial charge on any atom is -0.194 e. The van der Waals surface area contributed by atoms with E-state index in [1.807, 2.05) is 0 Å². The topological polar surface area (TPSA) is 0 Å². The molecule has 0 atom stereocenters. The third-order valence-electron chi connectivity index (χ3n) is 4.14. The molecule has 0 aromatic heterocycles. The second-order valence-corrected chi connectivity index (χ2v) is 6.38. The second-order valence-electron chi connectivity index (χ2n) is 6.38. The van der Waals surface area contributed by atoms with Gasteiger partial charge in [0.15, 0.2) is 0 Å². The Balaban J connectivity index is 3.70. The Labute approximate surface area is 166 Å². The molecular formula is C15H7F17. The molecule has 0 radical (unpaired) electrons. The highest BCUT2D eigenvalue weighted by molar-refractivity contribution is 5.29. The van der Waals surface area contributed by atoms with E-state index in [0.717, 1.165) is 6.92 Å². The van der Waals surface area contributed by atoms with Gasteiger partial charge in [-0.05, 0) is 6.92 Å². The highest BCUT2D eigenvalue weighted by Crippen LogP contribution is 2.64. The number of hydrogen-bond donors (Lipinski definition) is 0. The molecule has 0 aliphatic heterocycles. The monoisotopic (exact) mass is 510 g/mol. The smallest absolute Gasteiger partial charge is 0.194 e. The summed E-state index contributed by atoms with van der Waals surface area (Å²) < 4.78 is 224. The van der Waals surface area contributed by atoms with Gasteiger partial charge in [-0.3, -0.25) is 0 Å². The summed E-state index contributed by atoms with van der Waals surface area (Å²) in [5, 5.41) is 0. The van der Waals surface area contributed by atoms with E-state index in [0.29, 0.717) is 12.1 Å². The van der Waals surface area contributed by atoms with E-state index in [2.05, 4.69) is 0 Å². The van der Waals surface area contributed by atoms with Crippen LogP contribution in [-0.4, -0.2) is 41.7 Å². The molecule has 0 N–H and O–H groups in total. The van der Waals surface area contributed by atoms with Crippen molar-refractivity contribution >= 4 is 0 Å². The summed E-state index contributed by atoms with van der Waals surface area (Å²) in [4.78, 5) is 0. The fraction of sp³-hybridized carbons (Fsp3) is 0.600. The molecule has 0 nitrogen and oxygen atoms in total. The summed E-state index contributed by atoms with van der Waals surface area (Å²) in [6.45, 7) is 1.13. The Bertz CT molecular complexity index is 815. The quantitative estimate of drug-likeness (QED) is 0.334. The number of halogens is 17. The van der Waals surface area contributed by atoms with Crippen LogP contribution in [-0.2, 0) is 5.92 Å². The first kappa shape index (κ1) is 28.1. The molecule has 0 amide bonds. The van der Waals surface area contributed by atoms with Crippen LogP contribution >= 0.6 is 0 Å². The largest absolute Gasteiger partial charge is 0.460 e. The summed E-state index contributed by atoms with van der Waals surface area (Å²) >= 11 is 0. The lowest BCUT2D eigenvalue weighted by Crippen LogP contribution is -2.74. The van der Waals surface area contributed by atoms with Crippen molar-refractivity contribution in [1.29, 1.82) is 0 Å². The van der Waals surface area contributed by atoms with Crippen molar-refractivity contribution in [2.75, 3.05) is 0 Å². The maximum atomic E-state index is 13.9. The average molecular weight is 510 g/mol. The Morgan fingerprint density at radius 1 is 0.406 bits per heavy atom. The van der Waals surface area contributed by atoms with Gasteiger partial charge in [-0.1, -0.05) is 29.8 Å². The lowest BCUT2D eigenvalue weighted by atomic mass is 9.87. The standard InChI is InChI=1S/C15H7F17/c1-6-2-4-7(5-3-6)8(16,17)9(18,19)10(20,21)11(22,23)12(24,25)13(26,27)14(28,29)15(30,31)32/h2-5H,1H3. The molecule has 0 aliphatic rings. The predicted molar refractivity (Wildman–Crippen MR) is 70.8 cm³/mol. The molecule has 0 saturated carbocycles. The molecule has 0 fully saturated rings. The van der Waals surface area contributed by atoms with Crippen LogP contribution in [0.25, 0.3) is 0 Å². The molecule has 32 heavy (non-hydrogen) atoms. The molecule has 1 rings (SSSR count). The van der Waals surface area contributed by atoms with Gasteiger partial charge in [-0.2, -0.15) is 74.6 Å². The van der Waals surface area contributed by atoms with E-state index in [1.165, 1.54) is 0 Å². The number of alkyl halides is 17. The van der Waals surface area contributed by atoms with Gasteiger partial charge in [0.05, 0.1) is 0 Å². The molecule has 186 valence electrons. The number of benzene rings is 1. The third kappa shape index (κ3) is 3.45. The maximum Gasteiger partial charge on any atom is 0.460 e. The fourth-order valence-corrected chi connectivity index (χ4v) is 2.11. The summed E-state index contributed by atoms with van der Waals surface area (Å²) in [6.07, 6.45) is -7.76. The van der Waals surface area contributed by atoms with Crippen molar-refractivity contribution in [3.8, 4) is 0 Å². The first-order valence-corrected chi connectivity index (χ1v) is 7.53. The minimum atomic E-state index is -8.62. The summed E-state index contributed by atoms with van der Waals surface area (Å²) in [7, 11) is 0. The molecule has 1 aromatic carbocycles. The molecular weight excluding hydrogens is 503 g/mol. The molecule has 0 unspecified atom stereocenters. The molecule has 0 aliphatic carbocycles. The van der Waals surface area contributed by atoms with Crippen molar-refractivity contribution in [2.45, 2.75) is 54.6 Å². The van der Waals surface area contributed by atoms with Gasteiger partial charge in [-0.15, -0.1) is 0 Å². The van der Waals surface area contributed by atoms with E-state index in [-0.39, 0.29) is 17.7 Å². The average Bonchev–Trinajstić information content (AvgIpc) is 2.60. The van der Waals surface area contributed by atoms with E-state index < -0.39 is 53.2 Å². The molecule has 0 bridgehead atoms. The highest BCUT2D eigenvalue weighted by Gasteiger charge is 2.95. The molecule has 1 aromatic rings. The van der Waals surface area contributed by atoms with Crippen LogP contribution in [0.1, 0.15) is 11.1 Å².